The molecule has 1 N–H and O–H groups in total. The summed E-state index contributed by atoms with van der Waals surface area (Å²) in [4.78, 5) is 15.3. The van der Waals surface area contributed by atoms with Crippen molar-refractivity contribution in [2.45, 2.75) is 26.9 Å². The zero-order valence-electron chi connectivity index (χ0n) is 13.0. The first kappa shape index (κ1) is 15.8. The Hall–Kier alpha value is -1.59. The lowest BCUT2D eigenvalue weighted by Crippen LogP contribution is -2.35. The number of β-amino-alcohol motifs (C(OH)–C–C–N with tert-alkyl or cyclic N) is 1. The van der Waals surface area contributed by atoms with Crippen LogP contribution in [0.15, 0.2) is 18.2 Å². The number of hydrogen-bond acceptors (Lipinski definition) is 4. The van der Waals surface area contributed by atoms with Gasteiger partial charge in [-0.25, -0.2) is 0 Å². The number of aryl methyl sites for hydroxylation is 2. The van der Waals surface area contributed by atoms with E-state index in [2.05, 4.69) is 6.07 Å². The molecule has 2 rings (SSSR count). The second-order valence-electron chi connectivity index (χ2n) is 5.64. The summed E-state index contributed by atoms with van der Waals surface area (Å²) in [5, 5.41) is 10.1. The first-order valence-corrected chi connectivity index (χ1v) is 7.38. The molecular formula is C16H24N2O3. The molecular weight excluding hydrogens is 268 g/mol. The molecule has 1 amide bonds. The lowest BCUT2D eigenvalue weighted by molar-refractivity contribution is -0.126. The van der Waals surface area contributed by atoms with Crippen molar-refractivity contribution in [3.63, 3.8) is 0 Å². The molecule has 0 aliphatic carbocycles. The number of amides is 1. The van der Waals surface area contributed by atoms with E-state index in [0.717, 1.165) is 11.3 Å². The lowest BCUT2D eigenvalue weighted by atomic mass is 10.1. The number of rotatable bonds is 6. The fourth-order valence-electron chi connectivity index (χ4n) is 2.56. The Morgan fingerprint density at radius 2 is 2.14 bits per heavy atom. The highest BCUT2D eigenvalue weighted by atomic mass is 16.5. The van der Waals surface area contributed by atoms with Crippen LogP contribution in [0.5, 0.6) is 5.75 Å². The van der Waals surface area contributed by atoms with Gasteiger partial charge in [-0.05, 0) is 32.4 Å². The quantitative estimate of drug-likeness (QED) is 0.855. The summed E-state index contributed by atoms with van der Waals surface area (Å²) in [5.41, 5.74) is 2.26. The Labute approximate surface area is 126 Å². The van der Waals surface area contributed by atoms with E-state index in [4.69, 9.17) is 4.74 Å². The minimum Gasteiger partial charge on any atom is -0.491 e. The fraction of sp³-hybridized carbons (Fsp3) is 0.562. The van der Waals surface area contributed by atoms with Crippen LogP contribution in [0.2, 0.25) is 0 Å². The fourth-order valence-corrected chi connectivity index (χ4v) is 2.56. The average molecular weight is 292 g/mol. The van der Waals surface area contributed by atoms with Crippen LogP contribution in [0.1, 0.15) is 18.1 Å². The molecule has 5 nitrogen and oxygen atoms in total. The van der Waals surface area contributed by atoms with Gasteiger partial charge in [0.05, 0.1) is 13.2 Å². The second-order valence-corrected chi connectivity index (χ2v) is 5.64. The zero-order valence-corrected chi connectivity index (χ0v) is 13.0. The van der Waals surface area contributed by atoms with Crippen LogP contribution in [0.4, 0.5) is 0 Å². The third kappa shape index (κ3) is 4.19. The van der Waals surface area contributed by atoms with Gasteiger partial charge < -0.3 is 14.7 Å². The zero-order chi connectivity index (χ0) is 15.4. The highest BCUT2D eigenvalue weighted by Gasteiger charge is 2.27. The largest absolute Gasteiger partial charge is 0.491 e. The van der Waals surface area contributed by atoms with Crippen molar-refractivity contribution < 1.29 is 14.6 Å². The molecule has 1 aliphatic rings. The van der Waals surface area contributed by atoms with Crippen LogP contribution in [-0.2, 0) is 4.79 Å². The molecule has 0 saturated carbocycles. The normalized spacial score (nSPS) is 17.3. The molecule has 0 spiro atoms. The minimum absolute atomic E-state index is 0.125. The Morgan fingerprint density at radius 1 is 1.38 bits per heavy atom. The number of nitrogens with zero attached hydrogens (tertiary/aromatic N) is 2. The maximum Gasteiger partial charge on any atom is 0.237 e. The molecule has 0 bridgehead atoms. The number of likely N-dealkylation sites (N-methyl/N-ethyl adjacent to an activating group) is 1. The number of benzene rings is 1. The standard InChI is InChI=1S/C16H24N2O3/c1-4-18-11-17(9-16(18)20)8-14(19)10-21-15-6-5-12(2)7-13(15)3/h5-7,14,19H,4,8-11H2,1-3H3/t14-/m1/s1. The van der Waals surface area contributed by atoms with E-state index in [-0.39, 0.29) is 12.5 Å². The molecule has 1 heterocycles. The van der Waals surface area contributed by atoms with Crippen LogP contribution < -0.4 is 4.74 Å². The third-order valence-corrected chi connectivity index (χ3v) is 3.69. The maximum atomic E-state index is 11.6. The molecule has 21 heavy (non-hydrogen) atoms. The molecule has 0 aromatic heterocycles. The summed E-state index contributed by atoms with van der Waals surface area (Å²) < 4.78 is 5.67. The molecule has 0 unspecified atom stereocenters. The van der Waals surface area contributed by atoms with Gasteiger partial charge in [0.2, 0.25) is 5.91 Å². The highest BCUT2D eigenvalue weighted by Crippen LogP contribution is 2.19. The van der Waals surface area contributed by atoms with Crippen LogP contribution >= 0.6 is 0 Å². The van der Waals surface area contributed by atoms with E-state index in [9.17, 15) is 9.90 Å². The van der Waals surface area contributed by atoms with Gasteiger partial charge in [0.15, 0.2) is 0 Å². The first-order valence-electron chi connectivity index (χ1n) is 7.38. The summed E-state index contributed by atoms with van der Waals surface area (Å²) >= 11 is 0. The van der Waals surface area contributed by atoms with Crippen molar-refractivity contribution in [2.24, 2.45) is 0 Å². The van der Waals surface area contributed by atoms with Gasteiger partial charge in [-0.1, -0.05) is 17.7 Å². The summed E-state index contributed by atoms with van der Waals surface area (Å²) in [6, 6.07) is 5.97. The predicted octanol–water partition coefficient (Wildman–Crippen LogP) is 1.16. The summed E-state index contributed by atoms with van der Waals surface area (Å²) in [6.45, 7) is 8.37. The average Bonchev–Trinajstić information content (AvgIpc) is 2.77. The Bertz CT molecular complexity index is 504. The predicted molar refractivity (Wildman–Crippen MR) is 81.2 cm³/mol. The van der Waals surface area contributed by atoms with E-state index < -0.39 is 6.10 Å². The number of carbonyl (C=O) groups is 1. The molecule has 1 aromatic rings. The number of ether oxygens (including phenoxy) is 1. The molecule has 0 radical (unpaired) electrons. The van der Waals surface area contributed by atoms with E-state index in [1.54, 1.807) is 4.90 Å². The molecule has 1 saturated heterocycles. The molecule has 1 fully saturated rings. The SMILES string of the molecule is CCN1CN(C[C@@H](O)COc2ccc(C)cc2C)CC1=O. The Morgan fingerprint density at radius 3 is 2.76 bits per heavy atom. The van der Waals surface area contributed by atoms with Gasteiger partial charge in [-0.3, -0.25) is 9.69 Å². The molecule has 5 heteroatoms. The van der Waals surface area contributed by atoms with E-state index in [0.29, 0.717) is 26.3 Å². The summed E-state index contributed by atoms with van der Waals surface area (Å²) in [5.74, 6) is 0.923. The molecule has 116 valence electrons. The van der Waals surface area contributed by atoms with Crippen LogP contribution in [-0.4, -0.2) is 59.8 Å². The van der Waals surface area contributed by atoms with Crippen molar-refractivity contribution in [2.75, 3.05) is 32.9 Å². The van der Waals surface area contributed by atoms with Gasteiger partial charge in [-0.15, -0.1) is 0 Å². The Balaban J connectivity index is 1.80. The Kier molecular flexibility index (Phi) is 5.20. The van der Waals surface area contributed by atoms with E-state index in [1.807, 2.05) is 37.8 Å². The van der Waals surface area contributed by atoms with Crippen LogP contribution in [0.25, 0.3) is 0 Å². The smallest absolute Gasteiger partial charge is 0.237 e. The third-order valence-electron chi connectivity index (χ3n) is 3.69. The van der Waals surface area contributed by atoms with Crippen molar-refractivity contribution in [1.29, 1.82) is 0 Å². The van der Waals surface area contributed by atoms with Crippen LogP contribution in [0, 0.1) is 13.8 Å². The monoisotopic (exact) mass is 292 g/mol. The van der Waals surface area contributed by atoms with Crippen molar-refractivity contribution in [3.05, 3.63) is 29.3 Å². The van der Waals surface area contributed by atoms with Crippen molar-refractivity contribution >= 4 is 5.91 Å². The van der Waals surface area contributed by atoms with Crippen molar-refractivity contribution in [1.82, 2.24) is 9.80 Å². The van der Waals surface area contributed by atoms with E-state index in [1.165, 1.54) is 5.56 Å². The molecule has 1 atom stereocenters. The minimum atomic E-state index is -0.602. The summed E-state index contributed by atoms with van der Waals surface area (Å²) in [7, 11) is 0. The van der Waals surface area contributed by atoms with Gasteiger partial charge >= 0.3 is 0 Å². The molecule has 1 aliphatic heterocycles. The van der Waals surface area contributed by atoms with Gasteiger partial charge in [0.25, 0.3) is 0 Å². The summed E-state index contributed by atoms with van der Waals surface area (Å²) in [6.07, 6.45) is -0.602. The first-order chi connectivity index (χ1) is 9.99. The molecule has 1 aromatic carbocycles. The number of hydrogen-bond donors (Lipinski definition) is 1. The second kappa shape index (κ2) is 6.91. The van der Waals surface area contributed by atoms with Crippen LogP contribution in [0.3, 0.4) is 0 Å². The lowest BCUT2D eigenvalue weighted by Gasteiger charge is -2.20. The number of aliphatic hydroxyl groups is 1. The van der Waals surface area contributed by atoms with E-state index >= 15 is 0 Å². The number of carbonyl (C=O) groups excluding carboxylic acids is 1. The van der Waals surface area contributed by atoms with Gasteiger partial charge in [0, 0.05) is 13.1 Å². The highest BCUT2D eigenvalue weighted by molar-refractivity contribution is 5.79. The number of aliphatic hydroxyl groups excluding tert-OH is 1. The van der Waals surface area contributed by atoms with Crippen molar-refractivity contribution in [3.8, 4) is 5.75 Å². The van der Waals surface area contributed by atoms with Gasteiger partial charge in [0.1, 0.15) is 18.5 Å². The maximum absolute atomic E-state index is 11.6. The topological polar surface area (TPSA) is 53.0 Å². The van der Waals surface area contributed by atoms with Gasteiger partial charge in [-0.2, -0.15) is 0 Å².